The lowest BCUT2D eigenvalue weighted by atomic mass is 9.96. The smallest absolute Gasteiger partial charge is 0.321 e. The number of anilines is 1. The third kappa shape index (κ3) is 5.65. The van der Waals surface area contributed by atoms with E-state index >= 15 is 0 Å². The Morgan fingerprint density at radius 1 is 1.15 bits per heavy atom. The molecular formula is C19H31N5O2S. The van der Waals surface area contributed by atoms with Crippen LogP contribution in [0.3, 0.4) is 0 Å². The second-order valence-corrected chi connectivity index (χ2v) is 8.46. The molecular weight excluding hydrogens is 362 g/mol. The van der Waals surface area contributed by atoms with Crippen LogP contribution in [0.25, 0.3) is 0 Å². The molecule has 1 saturated carbocycles. The van der Waals surface area contributed by atoms with E-state index in [0.717, 1.165) is 69.1 Å². The molecule has 0 bridgehead atoms. The minimum Gasteiger partial charge on any atom is -0.347 e. The second kappa shape index (κ2) is 9.50. The Kier molecular flexibility index (Phi) is 7.07. The number of hydrogen-bond acceptors (Lipinski definition) is 6. The topological polar surface area (TPSA) is 77.6 Å². The molecule has 0 aromatic carbocycles. The first-order chi connectivity index (χ1) is 13.0. The first kappa shape index (κ1) is 20.1. The molecule has 2 fully saturated rings. The SMILES string of the molecule is Cc1csc(N2CCCN(C(C)C(=O)NC(=O)NC3CCCCC3)CC2)n1. The first-order valence-electron chi connectivity index (χ1n) is 10.1. The summed E-state index contributed by atoms with van der Waals surface area (Å²) in [6, 6.07) is -0.469. The number of amides is 3. The molecule has 7 nitrogen and oxygen atoms in total. The quantitative estimate of drug-likeness (QED) is 0.822. The van der Waals surface area contributed by atoms with Gasteiger partial charge in [-0.15, -0.1) is 11.3 Å². The lowest BCUT2D eigenvalue weighted by Gasteiger charge is -2.27. The third-order valence-corrected chi connectivity index (χ3v) is 6.53. The van der Waals surface area contributed by atoms with E-state index in [-0.39, 0.29) is 24.0 Å². The number of urea groups is 1. The van der Waals surface area contributed by atoms with Crippen molar-refractivity contribution in [1.82, 2.24) is 20.5 Å². The average molecular weight is 394 g/mol. The Balaban J connectivity index is 1.47. The predicted molar refractivity (Wildman–Crippen MR) is 108 cm³/mol. The van der Waals surface area contributed by atoms with E-state index in [9.17, 15) is 9.59 Å². The van der Waals surface area contributed by atoms with Crippen molar-refractivity contribution in [2.24, 2.45) is 0 Å². The van der Waals surface area contributed by atoms with Crippen LogP contribution in [0.15, 0.2) is 5.38 Å². The lowest BCUT2D eigenvalue weighted by Crippen LogP contribution is -2.52. The molecule has 0 radical (unpaired) electrons. The predicted octanol–water partition coefficient (Wildman–Crippen LogP) is 2.51. The van der Waals surface area contributed by atoms with E-state index in [4.69, 9.17) is 0 Å². The first-order valence-corrected chi connectivity index (χ1v) is 10.9. The third-order valence-electron chi connectivity index (χ3n) is 5.51. The summed E-state index contributed by atoms with van der Waals surface area (Å²) in [6.07, 6.45) is 6.54. The van der Waals surface area contributed by atoms with E-state index in [1.165, 1.54) is 6.42 Å². The number of thiazole rings is 1. The van der Waals surface area contributed by atoms with E-state index in [1.807, 2.05) is 13.8 Å². The number of aromatic nitrogens is 1. The maximum absolute atomic E-state index is 12.5. The highest BCUT2D eigenvalue weighted by Crippen LogP contribution is 2.22. The minimum absolute atomic E-state index is 0.204. The van der Waals surface area contributed by atoms with Crippen LogP contribution in [-0.2, 0) is 4.79 Å². The van der Waals surface area contributed by atoms with Crippen LogP contribution in [0.4, 0.5) is 9.93 Å². The normalized spacial score (nSPS) is 20.7. The summed E-state index contributed by atoms with van der Waals surface area (Å²) in [6.45, 7) is 7.32. The Bertz CT molecular complexity index is 644. The van der Waals surface area contributed by atoms with Gasteiger partial charge in [0.05, 0.1) is 11.7 Å². The molecule has 8 heteroatoms. The van der Waals surface area contributed by atoms with Crippen LogP contribution >= 0.6 is 11.3 Å². The molecule has 1 aliphatic heterocycles. The van der Waals surface area contributed by atoms with Gasteiger partial charge in [0, 0.05) is 37.6 Å². The van der Waals surface area contributed by atoms with Gasteiger partial charge in [-0.3, -0.25) is 15.0 Å². The Morgan fingerprint density at radius 3 is 2.63 bits per heavy atom. The Labute approximate surface area is 165 Å². The van der Waals surface area contributed by atoms with Crippen LogP contribution < -0.4 is 15.5 Å². The number of carbonyl (C=O) groups excluding carboxylic acids is 2. The summed E-state index contributed by atoms with van der Waals surface area (Å²) >= 11 is 1.67. The molecule has 1 aromatic heterocycles. The summed E-state index contributed by atoms with van der Waals surface area (Å²) in [4.78, 5) is 33.7. The molecule has 1 aliphatic carbocycles. The van der Waals surface area contributed by atoms with Crippen LogP contribution in [0.5, 0.6) is 0 Å². The molecule has 27 heavy (non-hydrogen) atoms. The van der Waals surface area contributed by atoms with Crippen molar-refractivity contribution >= 4 is 28.4 Å². The van der Waals surface area contributed by atoms with Crippen molar-refractivity contribution in [3.05, 3.63) is 11.1 Å². The van der Waals surface area contributed by atoms with Crippen LogP contribution in [0, 0.1) is 6.92 Å². The van der Waals surface area contributed by atoms with Crippen LogP contribution in [-0.4, -0.2) is 60.1 Å². The number of aryl methyl sites for hydroxylation is 1. The lowest BCUT2D eigenvalue weighted by molar-refractivity contribution is -0.124. The van der Waals surface area contributed by atoms with Gasteiger partial charge in [0.25, 0.3) is 0 Å². The zero-order valence-corrected chi connectivity index (χ0v) is 17.2. The fourth-order valence-corrected chi connectivity index (χ4v) is 4.71. The van der Waals surface area contributed by atoms with Crippen molar-refractivity contribution in [1.29, 1.82) is 0 Å². The van der Waals surface area contributed by atoms with Crippen molar-refractivity contribution in [3.63, 3.8) is 0 Å². The number of rotatable bonds is 4. The largest absolute Gasteiger partial charge is 0.347 e. The molecule has 3 rings (SSSR count). The Hall–Kier alpha value is -1.67. The second-order valence-electron chi connectivity index (χ2n) is 7.62. The van der Waals surface area contributed by atoms with Gasteiger partial charge in [-0.25, -0.2) is 9.78 Å². The summed E-state index contributed by atoms with van der Waals surface area (Å²) in [5.41, 5.74) is 1.05. The van der Waals surface area contributed by atoms with Crippen LogP contribution in [0.2, 0.25) is 0 Å². The maximum Gasteiger partial charge on any atom is 0.321 e. The molecule has 0 spiro atoms. The fourth-order valence-electron chi connectivity index (χ4n) is 3.85. The number of nitrogens with one attached hydrogen (secondary N) is 2. The molecule has 1 aromatic rings. The van der Waals surface area contributed by atoms with E-state index < -0.39 is 0 Å². The standard InChI is InChI=1S/C19H31N5O2S/c1-14-13-27-19(20-14)24-10-6-9-23(11-12-24)15(2)17(25)22-18(26)21-16-7-4-3-5-8-16/h13,15-16H,3-12H2,1-2H3,(H2,21,22,25,26). The van der Waals surface area contributed by atoms with Gasteiger partial charge in [0.1, 0.15) is 0 Å². The molecule has 3 amide bonds. The molecule has 1 saturated heterocycles. The van der Waals surface area contributed by atoms with Gasteiger partial charge in [0.2, 0.25) is 5.91 Å². The molecule has 1 atom stereocenters. The minimum atomic E-state index is -0.353. The Morgan fingerprint density at radius 2 is 1.93 bits per heavy atom. The van der Waals surface area contributed by atoms with Crippen molar-refractivity contribution < 1.29 is 9.59 Å². The highest BCUT2D eigenvalue weighted by Gasteiger charge is 2.26. The zero-order valence-electron chi connectivity index (χ0n) is 16.4. The van der Waals surface area contributed by atoms with Gasteiger partial charge in [-0.05, 0) is 33.1 Å². The molecule has 1 unspecified atom stereocenters. The molecule has 2 heterocycles. The monoisotopic (exact) mass is 393 g/mol. The highest BCUT2D eigenvalue weighted by molar-refractivity contribution is 7.13. The summed E-state index contributed by atoms with van der Waals surface area (Å²) in [5.74, 6) is -0.221. The van der Waals surface area contributed by atoms with Crippen molar-refractivity contribution in [3.8, 4) is 0 Å². The highest BCUT2D eigenvalue weighted by atomic mass is 32.1. The van der Waals surface area contributed by atoms with Crippen molar-refractivity contribution in [2.45, 2.75) is 64.5 Å². The number of carbonyl (C=O) groups is 2. The number of nitrogens with zero attached hydrogens (tertiary/aromatic N) is 3. The van der Waals surface area contributed by atoms with Crippen molar-refractivity contribution in [2.75, 3.05) is 31.1 Å². The maximum atomic E-state index is 12.5. The number of hydrogen-bond donors (Lipinski definition) is 2. The fraction of sp³-hybridized carbons (Fsp3) is 0.737. The molecule has 2 N–H and O–H groups in total. The average Bonchev–Trinajstić information content (AvgIpc) is 2.94. The zero-order chi connectivity index (χ0) is 19.2. The van der Waals surface area contributed by atoms with Gasteiger partial charge in [-0.1, -0.05) is 19.3 Å². The number of imide groups is 1. The summed E-state index contributed by atoms with van der Waals surface area (Å²) < 4.78 is 0. The van der Waals surface area contributed by atoms with E-state index in [2.05, 4.69) is 30.8 Å². The van der Waals surface area contributed by atoms with Gasteiger partial charge in [-0.2, -0.15) is 0 Å². The molecule has 150 valence electrons. The van der Waals surface area contributed by atoms with Gasteiger partial charge < -0.3 is 10.2 Å². The van der Waals surface area contributed by atoms with E-state index in [1.54, 1.807) is 11.3 Å². The summed E-state index contributed by atoms with van der Waals surface area (Å²) in [7, 11) is 0. The summed E-state index contributed by atoms with van der Waals surface area (Å²) in [5, 5.41) is 8.61. The van der Waals surface area contributed by atoms with E-state index in [0.29, 0.717) is 0 Å². The van der Waals surface area contributed by atoms with Gasteiger partial charge in [0.15, 0.2) is 5.13 Å². The van der Waals surface area contributed by atoms with Crippen LogP contribution in [0.1, 0.15) is 51.1 Å². The van der Waals surface area contributed by atoms with Gasteiger partial charge >= 0.3 is 6.03 Å². The molecule has 2 aliphatic rings.